The van der Waals surface area contributed by atoms with Gasteiger partial charge in [0.1, 0.15) is 18.1 Å². The Morgan fingerprint density at radius 3 is 2.73 bits per heavy atom. The molecule has 0 bridgehead atoms. The van der Waals surface area contributed by atoms with E-state index in [0.717, 1.165) is 36.1 Å². The number of aromatic hydroxyl groups is 1. The van der Waals surface area contributed by atoms with E-state index in [0.29, 0.717) is 62.9 Å². The molecule has 5 aliphatic rings. The van der Waals surface area contributed by atoms with Crippen LogP contribution in [0.15, 0.2) is 47.4 Å². The van der Waals surface area contributed by atoms with Crippen LogP contribution in [0, 0.1) is 11.7 Å². The molecular weight excluding hydrogens is 617 g/mol. The minimum Gasteiger partial charge on any atom is -0.505 e. The van der Waals surface area contributed by atoms with Gasteiger partial charge in [-0.2, -0.15) is 9.50 Å². The lowest BCUT2D eigenvalue weighted by Crippen LogP contribution is -2.48. The van der Waals surface area contributed by atoms with Crippen LogP contribution < -0.4 is 10.9 Å². The van der Waals surface area contributed by atoms with Crippen LogP contribution in [0.25, 0.3) is 11.4 Å². The Morgan fingerprint density at radius 1 is 1.17 bits per heavy atom. The number of anilines is 1. The summed E-state index contributed by atoms with van der Waals surface area (Å²) in [5.74, 6) is -0.0721. The number of ether oxygens (including phenoxy) is 1. The van der Waals surface area contributed by atoms with Gasteiger partial charge in [0.05, 0.1) is 18.9 Å². The first-order valence-electron chi connectivity index (χ1n) is 16.7. The predicted octanol–water partition coefficient (Wildman–Crippen LogP) is 3.74. The molecule has 13 heteroatoms. The number of likely N-dealkylation sites (tertiary alicyclic amines) is 1. The summed E-state index contributed by atoms with van der Waals surface area (Å²) < 4.78 is 23.6. The molecule has 2 amide bonds. The highest BCUT2D eigenvalue weighted by atomic mass is 19.1. The number of halogens is 1. The fraction of sp³-hybridized carbons (Fsp3) is 0.429. The minimum absolute atomic E-state index is 0.0100. The van der Waals surface area contributed by atoms with Gasteiger partial charge in [0.25, 0.3) is 11.5 Å². The molecule has 2 saturated carbocycles. The zero-order chi connectivity index (χ0) is 32.7. The lowest BCUT2D eigenvalue weighted by Gasteiger charge is -2.41. The molecule has 1 aromatic carbocycles. The van der Waals surface area contributed by atoms with Crippen LogP contribution in [-0.4, -0.2) is 72.3 Å². The molecule has 1 saturated heterocycles. The average molecular weight is 652 g/mol. The molecule has 12 nitrogen and oxygen atoms in total. The normalized spacial score (nSPS) is 22.4. The van der Waals surface area contributed by atoms with E-state index in [4.69, 9.17) is 9.72 Å². The Labute approximate surface area is 274 Å². The highest BCUT2D eigenvalue weighted by molar-refractivity contribution is 5.95. The Hall–Kier alpha value is -4.91. The van der Waals surface area contributed by atoms with Crippen LogP contribution in [0.4, 0.5) is 10.1 Å². The van der Waals surface area contributed by atoms with E-state index in [9.17, 15) is 19.5 Å². The fourth-order valence-corrected chi connectivity index (χ4v) is 8.32. The Morgan fingerprint density at radius 2 is 2.00 bits per heavy atom. The van der Waals surface area contributed by atoms with Gasteiger partial charge in [-0.3, -0.25) is 14.4 Å². The van der Waals surface area contributed by atoms with Crippen LogP contribution in [0.3, 0.4) is 0 Å². The first kappa shape index (κ1) is 29.2. The van der Waals surface area contributed by atoms with Crippen molar-refractivity contribution in [1.29, 1.82) is 0 Å². The molecule has 48 heavy (non-hydrogen) atoms. The van der Waals surface area contributed by atoms with E-state index in [2.05, 4.69) is 15.4 Å². The van der Waals surface area contributed by atoms with Gasteiger partial charge in [0.2, 0.25) is 11.7 Å². The van der Waals surface area contributed by atoms with Gasteiger partial charge >= 0.3 is 0 Å². The summed E-state index contributed by atoms with van der Waals surface area (Å²) in [7, 11) is 0. The molecule has 2 atom stereocenters. The number of carbonyl (C=O) groups excluding carboxylic acids is 2. The third-order valence-corrected chi connectivity index (χ3v) is 10.9. The second-order valence-corrected chi connectivity index (χ2v) is 13.7. The number of aromatic nitrogens is 5. The van der Waals surface area contributed by atoms with E-state index in [1.807, 2.05) is 16.7 Å². The van der Waals surface area contributed by atoms with Gasteiger partial charge in [0.15, 0.2) is 11.5 Å². The summed E-state index contributed by atoms with van der Waals surface area (Å²) in [6.45, 7) is 1.56. The van der Waals surface area contributed by atoms with Crippen molar-refractivity contribution in [2.45, 2.75) is 62.3 Å². The van der Waals surface area contributed by atoms with Gasteiger partial charge in [-0.15, -0.1) is 5.10 Å². The number of fused-ring (bicyclic) bond motifs is 6. The lowest BCUT2D eigenvalue weighted by atomic mass is 9.71. The van der Waals surface area contributed by atoms with E-state index >= 15 is 4.39 Å². The fourth-order valence-electron chi connectivity index (χ4n) is 8.32. The molecule has 3 aliphatic carbocycles. The lowest BCUT2D eigenvalue weighted by molar-refractivity contribution is -0.116. The number of pyridine rings is 1. The zero-order valence-corrected chi connectivity index (χ0v) is 26.2. The van der Waals surface area contributed by atoms with Crippen molar-refractivity contribution in [2.24, 2.45) is 5.92 Å². The third kappa shape index (κ3) is 4.58. The molecule has 5 heterocycles. The molecular formula is C35H34FN7O5. The number of hydrogen-bond donors (Lipinski definition) is 2. The van der Waals surface area contributed by atoms with Crippen LogP contribution in [0.2, 0.25) is 0 Å². The second kappa shape index (κ2) is 10.8. The molecule has 9 rings (SSSR count). The largest absolute Gasteiger partial charge is 0.505 e. The Bertz CT molecular complexity index is 2110. The number of benzene rings is 1. The molecule has 1 spiro atoms. The van der Waals surface area contributed by atoms with Gasteiger partial charge in [-0.05, 0) is 85.8 Å². The molecule has 2 N–H and O–H groups in total. The molecule has 0 radical (unpaired) electrons. The van der Waals surface area contributed by atoms with E-state index < -0.39 is 17.1 Å². The molecule has 3 fully saturated rings. The Kier molecular flexibility index (Phi) is 6.58. The van der Waals surface area contributed by atoms with Crippen molar-refractivity contribution in [2.75, 3.05) is 31.6 Å². The van der Waals surface area contributed by atoms with Crippen molar-refractivity contribution in [3.63, 3.8) is 0 Å². The van der Waals surface area contributed by atoms with E-state index in [1.165, 1.54) is 22.8 Å². The zero-order valence-electron chi connectivity index (χ0n) is 26.2. The second-order valence-electron chi connectivity index (χ2n) is 13.7. The van der Waals surface area contributed by atoms with Crippen molar-refractivity contribution >= 4 is 28.9 Å². The van der Waals surface area contributed by atoms with Gasteiger partial charge in [-0.1, -0.05) is 12.1 Å². The summed E-state index contributed by atoms with van der Waals surface area (Å²) in [6, 6.07) is 7.99. The summed E-state index contributed by atoms with van der Waals surface area (Å²) in [4.78, 5) is 51.9. The smallest absolute Gasteiger partial charge is 0.279 e. The number of amides is 2. The molecule has 3 aromatic heterocycles. The molecule has 0 unspecified atom stereocenters. The quantitative estimate of drug-likeness (QED) is 0.321. The first-order valence-corrected chi connectivity index (χ1v) is 16.7. The maximum absolute atomic E-state index is 15.0. The summed E-state index contributed by atoms with van der Waals surface area (Å²) in [6.07, 6.45) is 8.05. The number of hydrogen-bond acceptors (Lipinski definition) is 8. The summed E-state index contributed by atoms with van der Waals surface area (Å²) in [5, 5.41) is 17.7. The molecule has 4 aromatic rings. The minimum atomic E-state index is -0.499. The number of carbonyl (C=O) groups is 2. The monoisotopic (exact) mass is 651 g/mol. The third-order valence-electron chi connectivity index (χ3n) is 10.9. The molecule has 246 valence electrons. The van der Waals surface area contributed by atoms with E-state index in [-0.39, 0.29) is 52.8 Å². The van der Waals surface area contributed by atoms with Gasteiger partial charge in [-0.25, -0.2) is 9.37 Å². The average Bonchev–Trinajstić information content (AvgIpc) is 4.03. The standard InChI is InChI=1S/C35H34FN7O5/c36-24-16-21(19-3-4-19)5-6-25(24)38-27(45)18-42-30-22-17-23(22)35(9-12-41(13-10-35)33(47)29-26(44)2-1-11-37-29)28(30)32(46)43-34(42)39-31(40-43)20-7-14-48-15-8-20/h1-2,5-7,11,16,19,22-23,44H,3-4,8-10,12-15,17-18H2,(H,38,45)/t22-,23+/m0/s1. The van der Waals surface area contributed by atoms with Crippen molar-refractivity contribution in [1.82, 2.24) is 29.0 Å². The van der Waals surface area contributed by atoms with Crippen LogP contribution >= 0.6 is 0 Å². The van der Waals surface area contributed by atoms with Crippen LogP contribution in [0.1, 0.15) is 83.5 Å². The number of rotatable bonds is 6. The summed E-state index contributed by atoms with van der Waals surface area (Å²) in [5.41, 5.74) is 2.62. The maximum atomic E-state index is 15.0. The number of piperidine rings is 1. The van der Waals surface area contributed by atoms with Gasteiger partial charge < -0.3 is 24.6 Å². The first-order chi connectivity index (χ1) is 23.3. The van der Waals surface area contributed by atoms with Crippen molar-refractivity contribution in [3.05, 3.63) is 87.1 Å². The highest BCUT2D eigenvalue weighted by Crippen LogP contribution is 2.67. The van der Waals surface area contributed by atoms with Crippen molar-refractivity contribution < 1.29 is 23.8 Å². The Balaban J connectivity index is 1.09. The highest BCUT2D eigenvalue weighted by Gasteiger charge is 2.64. The maximum Gasteiger partial charge on any atom is 0.279 e. The van der Waals surface area contributed by atoms with E-state index in [1.54, 1.807) is 17.0 Å². The van der Waals surface area contributed by atoms with Gasteiger partial charge in [0, 0.05) is 41.9 Å². The van der Waals surface area contributed by atoms with Crippen LogP contribution in [0.5, 0.6) is 5.75 Å². The topological polar surface area (TPSA) is 144 Å². The molecule has 2 aliphatic heterocycles. The number of nitrogens with zero attached hydrogens (tertiary/aromatic N) is 6. The number of nitrogens with one attached hydrogen (secondary N) is 1. The van der Waals surface area contributed by atoms with Crippen molar-refractivity contribution in [3.8, 4) is 5.75 Å². The SMILES string of the molecule is O=C(Cn1c2c(c(=O)n3nc(C4=CCOCC4)nc13)C1(CCN(C(=O)c3ncccc3O)CC1)[C@@H]1C[C@H]21)Nc1ccc(C2CC2)cc1F. The summed E-state index contributed by atoms with van der Waals surface area (Å²) >= 11 is 0. The van der Waals surface area contributed by atoms with Crippen LogP contribution in [-0.2, 0) is 21.5 Å². The predicted molar refractivity (Wildman–Crippen MR) is 171 cm³/mol.